The maximum Gasteiger partial charge on any atom is 0.224 e. The summed E-state index contributed by atoms with van der Waals surface area (Å²) < 4.78 is 0. The molecule has 0 radical (unpaired) electrons. The van der Waals surface area contributed by atoms with Crippen molar-refractivity contribution in [1.82, 2.24) is 5.32 Å². The zero-order valence-corrected chi connectivity index (χ0v) is 9.52. The number of amides is 1. The largest absolute Gasteiger partial charge is 0.409 e. The second kappa shape index (κ2) is 4.31. The SMILES string of the molecule is CC(NC(=O)C1C2CCCCC21)C(N)=NO. The molecule has 1 amide bonds. The lowest BCUT2D eigenvalue weighted by Gasteiger charge is -2.11. The third kappa shape index (κ3) is 1.99. The molecule has 3 unspecified atom stereocenters. The molecular weight excluding hydrogens is 206 g/mol. The van der Waals surface area contributed by atoms with Crippen molar-refractivity contribution >= 4 is 11.7 Å². The average Bonchev–Trinajstić information content (AvgIpc) is 3.01. The number of carbonyl (C=O) groups excluding carboxylic acids is 1. The van der Waals surface area contributed by atoms with Gasteiger partial charge < -0.3 is 16.3 Å². The van der Waals surface area contributed by atoms with Gasteiger partial charge >= 0.3 is 0 Å². The van der Waals surface area contributed by atoms with Gasteiger partial charge in [-0.05, 0) is 31.6 Å². The van der Waals surface area contributed by atoms with Crippen LogP contribution in [0.3, 0.4) is 0 Å². The van der Waals surface area contributed by atoms with Crippen molar-refractivity contribution in [2.75, 3.05) is 0 Å². The topological polar surface area (TPSA) is 87.7 Å². The summed E-state index contributed by atoms with van der Waals surface area (Å²) in [5.41, 5.74) is 5.42. The molecule has 5 heteroatoms. The lowest BCUT2D eigenvalue weighted by molar-refractivity contribution is -0.123. The van der Waals surface area contributed by atoms with E-state index in [1.54, 1.807) is 6.92 Å². The van der Waals surface area contributed by atoms with Crippen LogP contribution in [0.1, 0.15) is 32.6 Å². The van der Waals surface area contributed by atoms with Crippen molar-refractivity contribution < 1.29 is 10.0 Å². The number of amidine groups is 1. The minimum Gasteiger partial charge on any atom is -0.409 e. The Hall–Kier alpha value is -1.26. The quantitative estimate of drug-likeness (QED) is 0.285. The number of nitrogens with zero attached hydrogens (tertiary/aromatic N) is 1. The van der Waals surface area contributed by atoms with Crippen LogP contribution in [-0.4, -0.2) is 23.0 Å². The molecule has 5 nitrogen and oxygen atoms in total. The van der Waals surface area contributed by atoms with Gasteiger partial charge in [-0.2, -0.15) is 0 Å². The molecule has 90 valence electrons. The normalized spacial score (nSPS) is 35.1. The minimum absolute atomic E-state index is 0.0528. The van der Waals surface area contributed by atoms with Gasteiger partial charge in [0.25, 0.3) is 0 Å². The lowest BCUT2D eigenvalue weighted by Crippen LogP contribution is -2.43. The molecule has 0 aromatic heterocycles. The Balaban J connectivity index is 1.85. The van der Waals surface area contributed by atoms with E-state index < -0.39 is 0 Å². The Bertz CT molecular complexity index is 304. The molecule has 0 bridgehead atoms. The Kier molecular flexibility index (Phi) is 3.03. The zero-order chi connectivity index (χ0) is 11.7. The van der Waals surface area contributed by atoms with E-state index in [4.69, 9.17) is 10.9 Å². The first-order valence-corrected chi connectivity index (χ1v) is 5.93. The van der Waals surface area contributed by atoms with E-state index in [0.717, 1.165) is 0 Å². The highest BCUT2D eigenvalue weighted by Crippen LogP contribution is 2.55. The molecule has 0 aromatic rings. The van der Waals surface area contributed by atoms with Gasteiger partial charge in [0.05, 0.1) is 6.04 Å². The van der Waals surface area contributed by atoms with Gasteiger partial charge in [0.15, 0.2) is 5.84 Å². The highest BCUT2D eigenvalue weighted by molar-refractivity contribution is 5.91. The predicted molar refractivity (Wildman–Crippen MR) is 60.0 cm³/mol. The Morgan fingerprint density at radius 1 is 1.44 bits per heavy atom. The molecule has 0 saturated heterocycles. The van der Waals surface area contributed by atoms with Gasteiger partial charge in [0, 0.05) is 5.92 Å². The van der Waals surface area contributed by atoms with Gasteiger partial charge in [-0.25, -0.2) is 0 Å². The smallest absolute Gasteiger partial charge is 0.224 e. The number of rotatable bonds is 3. The highest BCUT2D eigenvalue weighted by Gasteiger charge is 2.54. The van der Waals surface area contributed by atoms with Crippen LogP contribution in [0.4, 0.5) is 0 Å². The Morgan fingerprint density at radius 2 is 2.00 bits per heavy atom. The van der Waals surface area contributed by atoms with Crippen LogP contribution in [0.25, 0.3) is 0 Å². The van der Waals surface area contributed by atoms with E-state index in [2.05, 4.69) is 10.5 Å². The van der Waals surface area contributed by atoms with Crippen molar-refractivity contribution in [3.63, 3.8) is 0 Å². The molecule has 2 aliphatic carbocycles. The number of hydrogen-bond acceptors (Lipinski definition) is 3. The van der Waals surface area contributed by atoms with Crippen molar-refractivity contribution in [2.45, 2.75) is 38.6 Å². The molecule has 2 aliphatic rings. The fraction of sp³-hybridized carbons (Fsp3) is 0.818. The molecule has 0 spiro atoms. The summed E-state index contributed by atoms with van der Waals surface area (Å²) in [6.07, 6.45) is 4.86. The number of nitrogens with one attached hydrogen (secondary N) is 1. The predicted octanol–water partition coefficient (Wildman–Crippen LogP) is 0.674. The third-order valence-electron chi connectivity index (χ3n) is 3.88. The fourth-order valence-electron chi connectivity index (χ4n) is 2.85. The lowest BCUT2D eigenvalue weighted by atomic mass is 10.0. The van der Waals surface area contributed by atoms with E-state index in [0.29, 0.717) is 11.8 Å². The van der Waals surface area contributed by atoms with Crippen molar-refractivity contribution in [3.05, 3.63) is 0 Å². The second-order valence-corrected chi connectivity index (χ2v) is 4.89. The van der Waals surface area contributed by atoms with Crippen LogP contribution in [-0.2, 0) is 4.79 Å². The van der Waals surface area contributed by atoms with Gasteiger partial charge in [0.2, 0.25) is 5.91 Å². The third-order valence-corrected chi connectivity index (χ3v) is 3.88. The molecule has 16 heavy (non-hydrogen) atoms. The number of carbonyl (C=O) groups is 1. The Morgan fingerprint density at radius 3 is 2.50 bits per heavy atom. The highest BCUT2D eigenvalue weighted by atomic mass is 16.4. The Labute approximate surface area is 95.1 Å². The summed E-state index contributed by atoms with van der Waals surface area (Å²) in [7, 11) is 0. The molecule has 0 heterocycles. The summed E-state index contributed by atoms with van der Waals surface area (Å²) in [6, 6.07) is -0.389. The summed E-state index contributed by atoms with van der Waals surface area (Å²) in [4.78, 5) is 11.9. The molecule has 2 saturated carbocycles. The van der Waals surface area contributed by atoms with Crippen LogP contribution in [0.2, 0.25) is 0 Å². The van der Waals surface area contributed by atoms with Crippen molar-refractivity contribution in [3.8, 4) is 0 Å². The first-order valence-electron chi connectivity index (χ1n) is 5.93. The monoisotopic (exact) mass is 225 g/mol. The first kappa shape index (κ1) is 11.2. The molecule has 2 rings (SSSR count). The van der Waals surface area contributed by atoms with E-state index >= 15 is 0 Å². The first-order chi connectivity index (χ1) is 7.65. The van der Waals surface area contributed by atoms with Crippen LogP contribution in [0.15, 0.2) is 5.16 Å². The summed E-state index contributed by atoms with van der Waals surface area (Å²) in [5.74, 6) is 1.48. The zero-order valence-electron chi connectivity index (χ0n) is 9.52. The van der Waals surface area contributed by atoms with Gasteiger partial charge in [0.1, 0.15) is 0 Å². The molecule has 2 fully saturated rings. The molecule has 0 aromatic carbocycles. The molecule has 0 aliphatic heterocycles. The van der Waals surface area contributed by atoms with E-state index in [1.807, 2.05) is 0 Å². The summed E-state index contributed by atoms with van der Waals surface area (Å²) in [6.45, 7) is 1.72. The minimum atomic E-state index is -0.389. The average molecular weight is 225 g/mol. The molecule has 3 atom stereocenters. The number of fused-ring (bicyclic) bond motifs is 1. The number of oxime groups is 1. The summed E-state index contributed by atoms with van der Waals surface area (Å²) in [5, 5.41) is 14.2. The standard InChI is InChI=1S/C11H19N3O2/c1-6(10(12)14-16)13-11(15)9-7-4-2-3-5-8(7)9/h6-9,16H,2-5H2,1H3,(H2,12,14)(H,13,15). The van der Waals surface area contributed by atoms with E-state index in [9.17, 15) is 4.79 Å². The van der Waals surface area contributed by atoms with Crippen LogP contribution in [0.5, 0.6) is 0 Å². The summed E-state index contributed by atoms with van der Waals surface area (Å²) >= 11 is 0. The molecule has 4 N–H and O–H groups in total. The number of hydrogen-bond donors (Lipinski definition) is 3. The van der Waals surface area contributed by atoms with Crippen molar-refractivity contribution in [2.24, 2.45) is 28.6 Å². The van der Waals surface area contributed by atoms with Crippen molar-refractivity contribution in [1.29, 1.82) is 0 Å². The number of nitrogens with two attached hydrogens (primary N) is 1. The van der Waals surface area contributed by atoms with Gasteiger partial charge in [-0.15, -0.1) is 0 Å². The fourth-order valence-corrected chi connectivity index (χ4v) is 2.85. The molecular formula is C11H19N3O2. The van der Waals surface area contributed by atoms with Crippen LogP contribution >= 0.6 is 0 Å². The van der Waals surface area contributed by atoms with Gasteiger partial charge in [-0.3, -0.25) is 4.79 Å². The van der Waals surface area contributed by atoms with Gasteiger partial charge in [-0.1, -0.05) is 18.0 Å². The maximum atomic E-state index is 11.9. The second-order valence-electron chi connectivity index (χ2n) is 4.89. The van der Waals surface area contributed by atoms with Crippen LogP contribution < -0.4 is 11.1 Å². The van der Waals surface area contributed by atoms with E-state index in [1.165, 1.54) is 25.7 Å². The van der Waals surface area contributed by atoms with E-state index in [-0.39, 0.29) is 23.7 Å². The maximum absolute atomic E-state index is 11.9. The van der Waals surface area contributed by atoms with Crippen LogP contribution in [0, 0.1) is 17.8 Å².